The van der Waals surface area contributed by atoms with Crippen molar-refractivity contribution >= 4 is 34.9 Å². The lowest BCUT2D eigenvalue weighted by Crippen LogP contribution is -2.23. The molecule has 1 saturated heterocycles. The van der Waals surface area contributed by atoms with E-state index in [1.165, 1.54) is 4.90 Å². The maximum atomic E-state index is 4.88. The first-order valence-electron chi connectivity index (χ1n) is 10.1. The molecule has 3 heterocycles. The van der Waals surface area contributed by atoms with E-state index >= 15 is 0 Å². The van der Waals surface area contributed by atoms with Crippen LogP contribution in [0.1, 0.15) is 31.7 Å². The normalized spacial score (nSPS) is 16.8. The van der Waals surface area contributed by atoms with Crippen LogP contribution in [0.4, 0.5) is 17.3 Å². The Balaban J connectivity index is 1.66. The minimum absolute atomic E-state index is 0.360. The second-order valence-corrected chi connectivity index (χ2v) is 9.29. The van der Waals surface area contributed by atoms with Crippen LogP contribution in [0.3, 0.4) is 0 Å². The van der Waals surface area contributed by atoms with Gasteiger partial charge in [0.1, 0.15) is 11.6 Å². The number of nitrogens with zero attached hydrogens (tertiary/aromatic N) is 4. The van der Waals surface area contributed by atoms with Crippen LogP contribution in [0.5, 0.6) is 0 Å². The molecule has 1 aliphatic heterocycles. The van der Waals surface area contributed by atoms with Crippen molar-refractivity contribution in [3.63, 3.8) is 0 Å². The molecule has 0 radical (unpaired) electrons. The Morgan fingerprint density at radius 1 is 1.24 bits per heavy atom. The average molecular weight is 412 g/mol. The van der Waals surface area contributed by atoms with E-state index in [0.29, 0.717) is 12.0 Å². The first kappa shape index (κ1) is 20.0. The van der Waals surface area contributed by atoms with E-state index in [1.54, 1.807) is 11.9 Å². The Morgan fingerprint density at radius 3 is 2.69 bits per heavy atom. The highest BCUT2D eigenvalue weighted by atomic mass is 32.2. The Morgan fingerprint density at radius 2 is 2.03 bits per heavy atom. The third-order valence-corrected chi connectivity index (χ3v) is 5.80. The number of benzene rings is 1. The van der Waals surface area contributed by atoms with Gasteiger partial charge in [-0.3, -0.25) is 4.31 Å². The van der Waals surface area contributed by atoms with Crippen molar-refractivity contribution in [3.05, 3.63) is 42.1 Å². The van der Waals surface area contributed by atoms with E-state index in [1.807, 2.05) is 30.9 Å². The van der Waals surface area contributed by atoms with Crippen molar-refractivity contribution in [3.8, 4) is 0 Å². The minimum atomic E-state index is 0.360. The number of anilines is 3. The number of fused-ring (bicyclic) bond motifs is 1. The molecule has 7 nitrogen and oxygen atoms in total. The molecule has 4 rings (SSSR count). The molecule has 1 aromatic carbocycles. The van der Waals surface area contributed by atoms with E-state index < -0.39 is 0 Å². The Bertz CT molecular complexity index is 959. The summed E-state index contributed by atoms with van der Waals surface area (Å²) in [5.41, 5.74) is 3.08. The number of aromatic nitrogens is 3. The molecule has 1 atom stereocenters. The van der Waals surface area contributed by atoms with E-state index in [2.05, 4.69) is 63.5 Å². The van der Waals surface area contributed by atoms with Gasteiger partial charge in [-0.15, -0.1) is 0 Å². The molecule has 154 valence electrons. The molecule has 2 aromatic heterocycles. The van der Waals surface area contributed by atoms with Crippen molar-refractivity contribution in [1.29, 1.82) is 0 Å². The standard InChI is InChI=1S/C21H29N7S/c1-14(2)18-13-23-28-20(25-15-5-7-17(8-6-15)29-27(3)4)11-19(26-21(18)28)24-16-9-10-22-12-16/h5-8,11,13-14,16,22,25H,9-10,12H2,1-4H3,(H,24,26). The first-order valence-corrected chi connectivity index (χ1v) is 10.9. The quantitative estimate of drug-likeness (QED) is 0.509. The lowest BCUT2D eigenvalue weighted by Gasteiger charge is -2.16. The molecule has 1 unspecified atom stereocenters. The van der Waals surface area contributed by atoms with Gasteiger partial charge in [-0.2, -0.15) is 9.61 Å². The summed E-state index contributed by atoms with van der Waals surface area (Å²) in [6, 6.07) is 10.9. The predicted molar refractivity (Wildman–Crippen MR) is 121 cm³/mol. The highest BCUT2D eigenvalue weighted by molar-refractivity contribution is 7.97. The fourth-order valence-corrected chi connectivity index (χ4v) is 4.17. The molecule has 0 saturated carbocycles. The molecule has 0 bridgehead atoms. The monoisotopic (exact) mass is 411 g/mol. The van der Waals surface area contributed by atoms with Crippen LogP contribution in [-0.2, 0) is 0 Å². The van der Waals surface area contributed by atoms with Gasteiger partial charge in [-0.05, 0) is 69.2 Å². The Labute approximate surface area is 176 Å². The van der Waals surface area contributed by atoms with Gasteiger partial charge in [0.25, 0.3) is 0 Å². The first-order chi connectivity index (χ1) is 14.0. The number of rotatable bonds is 7. The predicted octanol–water partition coefficient (Wildman–Crippen LogP) is 3.94. The van der Waals surface area contributed by atoms with Crippen LogP contribution in [0.15, 0.2) is 41.4 Å². The Hall–Kier alpha value is -2.29. The topological polar surface area (TPSA) is 69.5 Å². The lowest BCUT2D eigenvalue weighted by molar-refractivity contribution is 0.702. The summed E-state index contributed by atoms with van der Waals surface area (Å²) >= 11 is 1.70. The fraction of sp³-hybridized carbons (Fsp3) is 0.429. The molecule has 0 amide bonds. The summed E-state index contributed by atoms with van der Waals surface area (Å²) in [6.45, 7) is 6.37. The van der Waals surface area contributed by atoms with Crippen molar-refractivity contribution in [1.82, 2.24) is 24.2 Å². The average Bonchev–Trinajstić information content (AvgIpc) is 3.32. The van der Waals surface area contributed by atoms with Gasteiger partial charge >= 0.3 is 0 Å². The van der Waals surface area contributed by atoms with Crippen LogP contribution in [-0.4, -0.2) is 52.1 Å². The SMILES string of the molecule is CC(C)c1cnn2c(Nc3ccc(SN(C)C)cc3)cc(NC3CCNC3)nc12. The molecule has 3 N–H and O–H groups in total. The van der Waals surface area contributed by atoms with Crippen LogP contribution in [0.25, 0.3) is 5.65 Å². The van der Waals surface area contributed by atoms with Gasteiger partial charge in [0.15, 0.2) is 5.65 Å². The largest absolute Gasteiger partial charge is 0.366 e. The zero-order valence-corrected chi connectivity index (χ0v) is 18.3. The summed E-state index contributed by atoms with van der Waals surface area (Å²) in [5, 5.41) is 15.1. The molecule has 0 aliphatic carbocycles. The minimum Gasteiger partial charge on any atom is -0.366 e. The van der Waals surface area contributed by atoms with Gasteiger partial charge in [-0.25, -0.2) is 4.98 Å². The van der Waals surface area contributed by atoms with Crippen molar-refractivity contribution < 1.29 is 0 Å². The molecule has 29 heavy (non-hydrogen) atoms. The highest BCUT2D eigenvalue weighted by Gasteiger charge is 2.18. The highest BCUT2D eigenvalue weighted by Crippen LogP contribution is 2.28. The van der Waals surface area contributed by atoms with Crippen molar-refractivity contribution in [2.45, 2.75) is 37.1 Å². The second-order valence-electron chi connectivity index (χ2n) is 7.90. The Kier molecular flexibility index (Phi) is 5.94. The van der Waals surface area contributed by atoms with Gasteiger partial charge in [0.05, 0.1) is 6.20 Å². The molecule has 0 spiro atoms. The second kappa shape index (κ2) is 8.61. The maximum absolute atomic E-state index is 4.88. The van der Waals surface area contributed by atoms with E-state index in [9.17, 15) is 0 Å². The van der Waals surface area contributed by atoms with Crippen molar-refractivity contribution in [2.75, 3.05) is 37.8 Å². The van der Waals surface area contributed by atoms with E-state index in [0.717, 1.165) is 48.0 Å². The molecule has 1 fully saturated rings. The van der Waals surface area contributed by atoms with Crippen LogP contribution in [0.2, 0.25) is 0 Å². The number of hydrogen-bond donors (Lipinski definition) is 3. The summed E-state index contributed by atoms with van der Waals surface area (Å²) in [7, 11) is 4.09. The summed E-state index contributed by atoms with van der Waals surface area (Å²) in [4.78, 5) is 6.09. The van der Waals surface area contributed by atoms with E-state index in [4.69, 9.17) is 4.98 Å². The van der Waals surface area contributed by atoms with Gasteiger partial charge in [0, 0.05) is 34.8 Å². The summed E-state index contributed by atoms with van der Waals surface area (Å²) in [5.74, 6) is 2.15. The summed E-state index contributed by atoms with van der Waals surface area (Å²) < 4.78 is 3.98. The molecule has 8 heteroatoms. The maximum Gasteiger partial charge on any atom is 0.163 e. The fourth-order valence-electron chi connectivity index (χ4n) is 3.49. The van der Waals surface area contributed by atoms with Gasteiger partial charge in [-0.1, -0.05) is 13.8 Å². The number of hydrogen-bond acceptors (Lipinski definition) is 7. The third kappa shape index (κ3) is 4.66. The van der Waals surface area contributed by atoms with Crippen LogP contribution < -0.4 is 16.0 Å². The van der Waals surface area contributed by atoms with Crippen LogP contribution in [0, 0.1) is 0 Å². The molecular formula is C21H29N7S. The molecule has 1 aliphatic rings. The number of nitrogens with one attached hydrogen (secondary N) is 3. The smallest absolute Gasteiger partial charge is 0.163 e. The van der Waals surface area contributed by atoms with Crippen molar-refractivity contribution in [2.24, 2.45) is 0 Å². The van der Waals surface area contributed by atoms with Gasteiger partial charge in [0.2, 0.25) is 0 Å². The molecular weight excluding hydrogens is 382 g/mol. The summed E-state index contributed by atoms with van der Waals surface area (Å²) in [6.07, 6.45) is 3.03. The molecule has 3 aromatic rings. The lowest BCUT2D eigenvalue weighted by atomic mass is 10.1. The van der Waals surface area contributed by atoms with Crippen LogP contribution >= 0.6 is 11.9 Å². The zero-order chi connectivity index (χ0) is 20.4. The third-order valence-electron chi connectivity index (χ3n) is 4.95. The van der Waals surface area contributed by atoms with E-state index in [-0.39, 0.29) is 0 Å². The van der Waals surface area contributed by atoms with Gasteiger partial charge < -0.3 is 16.0 Å². The zero-order valence-electron chi connectivity index (χ0n) is 17.4.